The van der Waals surface area contributed by atoms with E-state index < -0.39 is 5.60 Å². The highest BCUT2D eigenvalue weighted by Crippen LogP contribution is 2.56. The van der Waals surface area contributed by atoms with Gasteiger partial charge in [-0.25, -0.2) is 0 Å². The zero-order valence-electron chi connectivity index (χ0n) is 12.7. The molecule has 3 atom stereocenters. The molecule has 18 heavy (non-hydrogen) atoms. The van der Waals surface area contributed by atoms with Crippen LogP contribution in [0.1, 0.15) is 85.0 Å². The van der Waals surface area contributed by atoms with Gasteiger partial charge in [0, 0.05) is 0 Å². The van der Waals surface area contributed by atoms with E-state index in [1.54, 1.807) is 0 Å². The van der Waals surface area contributed by atoms with Crippen molar-refractivity contribution in [2.75, 3.05) is 0 Å². The highest BCUT2D eigenvalue weighted by molar-refractivity contribution is 4.96. The average molecular weight is 252 g/mol. The monoisotopic (exact) mass is 252 g/mol. The molecular weight excluding hydrogens is 220 g/mol. The first kappa shape index (κ1) is 14.4. The quantitative estimate of drug-likeness (QED) is 0.688. The summed E-state index contributed by atoms with van der Waals surface area (Å²) < 4.78 is 0. The third-order valence-corrected chi connectivity index (χ3v) is 5.84. The van der Waals surface area contributed by atoms with E-state index in [-0.39, 0.29) is 0 Å². The summed E-state index contributed by atoms with van der Waals surface area (Å²) in [5, 5.41) is 9.75. The van der Waals surface area contributed by atoms with Gasteiger partial charge in [0.05, 0.1) is 5.60 Å². The Morgan fingerprint density at radius 1 is 1.11 bits per heavy atom. The number of hydrogen-bond donors (Lipinski definition) is 1. The van der Waals surface area contributed by atoms with Gasteiger partial charge in [-0.3, -0.25) is 0 Å². The standard InChI is InChI=1S/C17H32O/c1-16(2,18)12-6-4-8-14-10-11-15-9-5-7-13-17(14,15)3/h14-15,18H,4-13H2,1-3H3. The highest BCUT2D eigenvalue weighted by atomic mass is 16.3. The van der Waals surface area contributed by atoms with E-state index in [1.807, 2.05) is 13.8 Å². The maximum Gasteiger partial charge on any atom is 0.0591 e. The summed E-state index contributed by atoms with van der Waals surface area (Å²) in [6.07, 6.45) is 13.8. The van der Waals surface area contributed by atoms with Crippen molar-refractivity contribution in [1.82, 2.24) is 0 Å². The molecule has 2 aliphatic carbocycles. The van der Waals surface area contributed by atoms with E-state index in [0.717, 1.165) is 18.3 Å². The molecule has 2 fully saturated rings. The Kier molecular flexibility index (Phi) is 4.41. The molecule has 106 valence electrons. The van der Waals surface area contributed by atoms with Gasteiger partial charge in [-0.15, -0.1) is 0 Å². The highest BCUT2D eigenvalue weighted by Gasteiger charge is 2.46. The Hall–Kier alpha value is -0.0400. The van der Waals surface area contributed by atoms with Crippen molar-refractivity contribution in [2.24, 2.45) is 17.3 Å². The van der Waals surface area contributed by atoms with E-state index in [1.165, 1.54) is 57.8 Å². The van der Waals surface area contributed by atoms with Crippen molar-refractivity contribution in [3.63, 3.8) is 0 Å². The molecule has 0 aliphatic heterocycles. The molecule has 1 N–H and O–H groups in total. The van der Waals surface area contributed by atoms with Gasteiger partial charge in [0.2, 0.25) is 0 Å². The van der Waals surface area contributed by atoms with Crippen molar-refractivity contribution >= 4 is 0 Å². The summed E-state index contributed by atoms with van der Waals surface area (Å²) >= 11 is 0. The number of fused-ring (bicyclic) bond motifs is 1. The minimum atomic E-state index is -0.465. The maximum absolute atomic E-state index is 9.75. The van der Waals surface area contributed by atoms with Crippen LogP contribution in [0.2, 0.25) is 0 Å². The van der Waals surface area contributed by atoms with Crippen molar-refractivity contribution < 1.29 is 5.11 Å². The summed E-state index contributed by atoms with van der Waals surface area (Å²) in [6, 6.07) is 0. The van der Waals surface area contributed by atoms with Crippen LogP contribution in [0.4, 0.5) is 0 Å². The Balaban J connectivity index is 1.76. The largest absolute Gasteiger partial charge is 0.390 e. The predicted molar refractivity (Wildman–Crippen MR) is 77.6 cm³/mol. The van der Waals surface area contributed by atoms with Gasteiger partial charge in [-0.2, -0.15) is 0 Å². The van der Waals surface area contributed by atoms with Crippen LogP contribution in [-0.2, 0) is 0 Å². The molecule has 2 rings (SSSR count). The molecule has 1 heteroatoms. The molecule has 2 saturated carbocycles. The third-order valence-electron chi connectivity index (χ3n) is 5.84. The first-order valence-electron chi connectivity index (χ1n) is 8.14. The Labute approximate surface area is 113 Å². The van der Waals surface area contributed by atoms with Crippen molar-refractivity contribution in [3.05, 3.63) is 0 Å². The topological polar surface area (TPSA) is 20.2 Å². The van der Waals surface area contributed by atoms with Gasteiger partial charge in [-0.1, -0.05) is 32.6 Å². The van der Waals surface area contributed by atoms with Crippen LogP contribution >= 0.6 is 0 Å². The van der Waals surface area contributed by atoms with Crippen LogP contribution in [0.5, 0.6) is 0 Å². The lowest BCUT2D eigenvalue weighted by Crippen LogP contribution is -2.31. The van der Waals surface area contributed by atoms with Crippen LogP contribution in [0.3, 0.4) is 0 Å². The van der Waals surface area contributed by atoms with E-state index in [9.17, 15) is 5.11 Å². The van der Waals surface area contributed by atoms with Crippen LogP contribution in [0.15, 0.2) is 0 Å². The predicted octanol–water partition coefficient (Wildman–Crippen LogP) is 4.92. The first-order valence-corrected chi connectivity index (χ1v) is 8.14. The summed E-state index contributed by atoms with van der Waals surface area (Å²) in [4.78, 5) is 0. The molecule has 0 amide bonds. The molecule has 2 aliphatic rings. The van der Waals surface area contributed by atoms with E-state index in [2.05, 4.69) is 6.92 Å². The van der Waals surface area contributed by atoms with Gasteiger partial charge in [0.1, 0.15) is 0 Å². The molecule has 0 heterocycles. The van der Waals surface area contributed by atoms with Gasteiger partial charge in [-0.05, 0) is 69.6 Å². The molecule has 0 aromatic rings. The van der Waals surface area contributed by atoms with Gasteiger partial charge < -0.3 is 5.11 Å². The Morgan fingerprint density at radius 2 is 1.89 bits per heavy atom. The van der Waals surface area contributed by atoms with E-state index in [0.29, 0.717) is 5.41 Å². The average Bonchev–Trinajstić information content (AvgIpc) is 2.60. The number of aliphatic hydroxyl groups is 1. The molecule has 1 nitrogen and oxygen atoms in total. The van der Waals surface area contributed by atoms with Crippen LogP contribution in [-0.4, -0.2) is 10.7 Å². The molecule has 0 bridgehead atoms. The molecule has 0 aromatic carbocycles. The first-order chi connectivity index (χ1) is 8.42. The lowest BCUT2D eigenvalue weighted by molar-refractivity contribution is 0.0642. The number of unbranched alkanes of at least 4 members (excludes halogenated alkanes) is 1. The smallest absolute Gasteiger partial charge is 0.0591 e. The number of hydrogen-bond acceptors (Lipinski definition) is 1. The molecule has 0 aromatic heterocycles. The zero-order chi connectivity index (χ0) is 13.2. The maximum atomic E-state index is 9.75. The lowest BCUT2D eigenvalue weighted by Gasteiger charge is -2.41. The lowest BCUT2D eigenvalue weighted by atomic mass is 9.64. The van der Waals surface area contributed by atoms with Gasteiger partial charge >= 0.3 is 0 Å². The molecule has 0 radical (unpaired) electrons. The van der Waals surface area contributed by atoms with Crippen molar-refractivity contribution in [2.45, 2.75) is 90.6 Å². The van der Waals surface area contributed by atoms with E-state index in [4.69, 9.17) is 0 Å². The second kappa shape index (κ2) is 5.53. The second-order valence-corrected chi connectivity index (χ2v) is 7.78. The minimum absolute atomic E-state index is 0.465. The Bertz CT molecular complexity index is 265. The third kappa shape index (κ3) is 3.29. The van der Waals surface area contributed by atoms with Crippen LogP contribution in [0, 0.1) is 17.3 Å². The fourth-order valence-corrected chi connectivity index (χ4v) is 4.60. The van der Waals surface area contributed by atoms with Crippen molar-refractivity contribution in [1.29, 1.82) is 0 Å². The normalized spacial score (nSPS) is 36.7. The fourth-order valence-electron chi connectivity index (χ4n) is 4.60. The summed E-state index contributed by atoms with van der Waals surface area (Å²) in [7, 11) is 0. The molecule has 0 saturated heterocycles. The summed E-state index contributed by atoms with van der Waals surface area (Å²) in [5.74, 6) is 2.01. The zero-order valence-corrected chi connectivity index (χ0v) is 12.7. The Morgan fingerprint density at radius 3 is 2.61 bits per heavy atom. The summed E-state index contributed by atoms with van der Waals surface area (Å²) in [5.41, 5.74) is 0.208. The minimum Gasteiger partial charge on any atom is -0.390 e. The fraction of sp³-hybridized carbons (Fsp3) is 1.00. The molecular formula is C17H32O. The van der Waals surface area contributed by atoms with Gasteiger partial charge in [0.25, 0.3) is 0 Å². The SMILES string of the molecule is CC(C)(O)CCCCC1CCC2CCCCC12C. The molecule has 0 spiro atoms. The van der Waals surface area contributed by atoms with Crippen LogP contribution < -0.4 is 0 Å². The second-order valence-electron chi connectivity index (χ2n) is 7.78. The summed E-state index contributed by atoms with van der Waals surface area (Å²) in [6.45, 7) is 6.44. The van der Waals surface area contributed by atoms with Crippen LogP contribution in [0.25, 0.3) is 0 Å². The van der Waals surface area contributed by atoms with E-state index >= 15 is 0 Å². The van der Waals surface area contributed by atoms with Crippen molar-refractivity contribution in [3.8, 4) is 0 Å². The van der Waals surface area contributed by atoms with Gasteiger partial charge in [0.15, 0.2) is 0 Å². The molecule has 3 unspecified atom stereocenters. The number of rotatable bonds is 5.